The second-order valence-electron chi connectivity index (χ2n) is 3.87. The number of hydrogen-bond donors (Lipinski definition) is 1. The summed E-state index contributed by atoms with van der Waals surface area (Å²) in [6.45, 7) is 5.90. The van der Waals surface area contributed by atoms with Crippen molar-refractivity contribution in [3.8, 4) is 5.75 Å². The lowest BCUT2D eigenvalue weighted by Crippen LogP contribution is -2.08. The number of methoxy groups -OCH3 is 1. The SMILES string of the molecule is COc1c(Br)cc(C)c(C)c1CC(C)O. The number of benzene rings is 1. The van der Waals surface area contributed by atoms with Crippen LogP contribution in [0, 0.1) is 13.8 Å². The third kappa shape index (κ3) is 2.73. The number of ether oxygens (including phenoxy) is 1. The van der Waals surface area contributed by atoms with E-state index in [1.165, 1.54) is 11.1 Å². The van der Waals surface area contributed by atoms with Crippen LogP contribution in [0.5, 0.6) is 5.75 Å². The summed E-state index contributed by atoms with van der Waals surface area (Å²) in [6, 6.07) is 2.04. The van der Waals surface area contributed by atoms with Crippen LogP contribution in [-0.4, -0.2) is 18.3 Å². The number of aliphatic hydroxyl groups excluding tert-OH is 1. The van der Waals surface area contributed by atoms with Crippen LogP contribution < -0.4 is 4.74 Å². The van der Waals surface area contributed by atoms with Gasteiger partial charge in [-0.2, -0.15) is 0 Å². The van der Waals surface area contributed by atoms with E-state index in [-0.39, 0.29) is 6.10 Å². The summed E-state index contributed by atoms with van der Waals surface area (Å²) in [7, 11) is 1.65. The Bertz CT molecular complexity index is 359. The summed E-state index contributed by atoms with van der Waals surface area (Å²) in [5.41, 5.74) is 3.48. The first-order chi connectivity index (χ1) is 6.97. The molecular weight excluding hydrogens is 256 g/mol. The number of hydrogen-bond acceptors (Lipinski definition) is 2. The fourth-order valence-corrected chi connectivity index (χ4v) is 2.42. The molecule has 84 valence electrons. The highest BCUT2D eigenvalue weighted by molar-refractivity contribution is 9.10. The monoisotopic (exact) mass is 272 g/mol. The summed E-state index contributed by atoms with van der Waals surface area (Å²) in [5, 5.41) is 9.46. The fraction of sp³-hybridized carbons (Fsp3) is 0.500. The molecule has 2 nitrogen and oxygen atoms in total. The molecule has 0 aliphatic carbocycles. The van der Waals surface area contributed by atoms with Crippen LogP contribution in [0.15, 0.2) is 10.5 Å². The molecule has 1 rings (SSSR count). The number of rotatable bonds is 3. The zero-order chi connectivity index (χ0) is 11.6. The third-order valence-electron chi connectivity index (χ3n) is 2.58. The summed E-state index contributed by atoms with van der Waals surface area (Å²) >= 11 is 3.48. The average molecular weight is 273 g/mol. The first-order valence-corrected chi connectivity index (χ1v) is 5.77. The van der Waals surface area contributed by atoms with Crippen molar-refractivity contribution in [1.29, 1.82) is 0 Å². The van der Waals surface area contributed by atoms with Crippen LogP contribution in [-0.2, 0) is 6.42 Å². The Labute approximate surface area is 99.4 Å². The molecule has 1 atom stereocenters. The highest BCUT2D eigenvalue weighted by atomic mass is 79.9. The molecule has 0 heterocycles. The summed E-state index contributed by atoms with van der Waals surface area (Å²) < 4.78 is 6.30. The smallest absolute Gasteiger partial charge is 0.136 e. The zero-order valence-electron chi connectivity index (χ0n) is 9.60. The molecule has 0 amide bonds. The molecule has 0 radical (unpaired) electrons. The maximum atomic E-state index is 9.46. The van der Waals surface area contributed by atoms with Crippen LogP contribution >= 0.6 is 15.9 Å². The van der Waals surface area contributed by atoms with Gasteiger partial charge in [-0.3, -0.25) is 0 Å². The van der Waals surface area contributed by atoms with Crippen LogP contribution in [0.1, 0.15) is 23.6 Å². The van der Waals surface area contributed by atoms with Gasteiger partial charge in [0.05, 0.1) is 17.7 Å². The third-order valence-corrected chi connectivity index (χ3v) is 3.17. The summed E-state index contributed by atoms with van der Waals surface area (Å²) in [6.07, 6.45) is 0.265. The van der Waals surface area contributed by atoms with Gasteiger partial charge < -0.3 is 9.84 Å². The molecule has 1 aromatic carbocycles. The summed E-state index contributed by atoms with van der Waals surface area (Å²) in [5.74, 6) is 0.832. The first kappa shape index (κ1) is 12.5. The second kappa shape index (κ2) is 4.99. The predicted molar refractivity (Wildman–Crippen MR) is 65.6 cm³/mol. The van der Waals surface area contributed by atoms with Crippen LogP contribution in [0.2, 0.25) is 0 Å². The average Bonchev–Trinajstić information content (AvgIpc) is 2.13. The summed E-state index contributed by atoms with van der Waals surface area (Å²) in [4.78, 5) is 0. The van der Waals surface area contributed by atoms with E-state index in [1.807, 2.05) is 6.07 Å². The Morgan fingerprint density at radius 1 is 1.47 bits per heavy atom. The lowest BCUT2D eigenvalue weighted by molar-refractivity contribution is 0.194. The van der Waals surface area contributed by atoms with Crippen molar-refractivity contribution in [3.05, 3.63) is 27.2 Å². The Morgan fingerprint density at radius 2 is 2.07 bits per heavy atom. The second-order valence-corrected chi connectivity index (χ2v) is 4.72. The highest BCUT2D eigenvalue weighted by Gasteiger charge is 2.14. The van der Waals surface area contributed by atoms with Gasteiger partial charge >= 0.3 is 0 Å². The molecule has 0 aliphatic heterocycles. The van der Waals surface area contributed by atoms with E-state index in [9.17, 15) is 5.11 Å². The van der Waals surface area contributed by atoms with Gasteiger partial charge in [-0.05, 0) is 53.9 Å². The Morgan fingerprint density at radius 3 is 2.53 bits per heavy atom. The lowest BCUT2D eigenvalue weighted by Gasteiger charge is -2.16. The molecular formula is C12H17BrO2. The minimum Gasteiger partial charge on any atom is -0.495 e. The molecule has 3 heteroatoms. The van der Waals surface area contributed by atoms with E-state index in [1.54, 1.807) is 14.0 Å². The van der Waals surface area contributed by atoms with Crippen LogP contribution in [0.25, 0.3) is 0 Å². The minimum atomic E-state index is -0.355. The Hall–Kier alpha value is -0.540. The first-order valence-electron chi connectivity index (χ1n) is 4.98. The van der Waals surface area contributed by atoms with Gasteiger partial charge in [-0.1, -0.05) is 0 Å². The zero-order valence-corrected chi connectivity index (χ0v) is 11.2. The maximum Gasteiger partial charge on any atom is 0.136 e. The molecule has 0 aromatic heterocycles. The van der Waals surface area contributed by atoms with Gasteiger partial charge in [-0.25, -0.2) is 0 Å². The molecule has 0 aliphatic rings. The van der Waals surface area contributed by atoms with Crippen molar-refractivity contribution in [2.75, 3.05) is 7.11 Å². The van der Waals surface area contributed by atoms with Crippen molar-refractivity contribution in [1.82, 2.24) is 0 Å². The van der Waals surface area contributed by atoms with Crippen molar-refractivity contribution in [3.63, 3.8) is 0 Å². The standard InChI is InChI=1S/C12H17BrO2/c1-7-5-11(13)12(15-4)10(9(7)3)6-8(2)14/h5,8,14H,6H2,1-4H3. The van der Waals surface area contributed by atoms with Crippen molar-refractivity contribution in [2.45, 2.75) is 33.3 Å². The largest absolute Gasteiger partial charge is 0.495 e. The van der Waals surface area contributed by atoms with Gasteiger partial charge in [0.2, 0.25) is 0 Å². The molecule has 0 saturated carbocycles. The number of aliphatic hydroxyl groups is 1. The molecule has 0 spiro atoms. The van der Waals surface area contributed by atoms with E-state index in [0.717, 1.165) is 15.8 Å². The number of aryl methyl sites for hydroxylation is 1. The van der Waals surface area contributed by atoms with Crippen LogP contribution in [0.3, 0.4) is 0 Å². The van der Waals surface area contributed by atoms with Crippen molar-refractivity contribution < 1.29 is 9.84 Å². The van der Waals surface area contributed by atoms with Gasteiger partial charge in [0.1, 0.15) is 5.75 Å². The van der Waals surface area contributed by atoms with E-state index in [2.05, 4.69) is 29.8 Å². The Kier molecular flexibility index (Phi) is 4.17. The molecule has 15 heavy (non-hydrogen) atoms. The molecule has 1 N–H and O–H groups in total. The maximum absolute atomic E-state index is 9.46. The minimum absolute atomic E-state index is 0.355. The lowest BCUT2D eigenvalue weighted by atomic mass is 9.98. The number of halogens is 1. The van der Waals surface area contributed by atoms with Crippen molar-refractivity contribution in [2.24, 2.45) is 0 Å². The van der Waals surface area contributed by atoms with Crippen LogP contribution in [0.4, 0.5) is 0 Å². The molecule has 0 fully saturated rings. The van der Waals surface area contributed by atoms with E-state index < -0.39 is 0 Å². The van der Waals surface area contributed by atoms with Crippen molar-refractivity contribution >= 4 is 15.9 Å². The van der Waals surface area contributed by atoms with E-state index >= 15 is 0 Å². The normalized spacial score (nSPS) is 12.7. The molecule has 0 saturated heterocycles. The van der Waals surface area contributed by atoms with Gasteiger partial charge in [-0.15, -0.1) is 0 Å². The molecule has 1 aromatic rings. The highest BCUT2D eigenvalue weighted by Crippen LogP contribution is 2.34. The predicted octanol–water partition coefficient (Wildman–Crippen LogP) is 3.00. The Balaban J connectivity index is 3.30. The van der Waals surface area contributed by atoms with E-state index in [0.29, 0.717) is 6.42 Å². The van der Waals surface area contributed by atoms with E-state index in [4.69, 9.17) is 4.74 Å². The van der Waals surface area contributed by atoms with Gasteiger partial charge in [0, 0.05) is 12.0 Å². The fourth-order valence-electron chi connectivity index (χ4n) is 1.68. The molecule has 0 bridgehead atoms. The van der Waals surface area contributed by atoms with Gasteiger partial charge in [0.25, 0.3) is 0 Å². The molecule has 1 unspecified atom stereocenters. The van der Waals surface area contributed by atoms with Gasteiger partial charge in [0.15, 0.2) is 0 Å². The topological polar surface area (TPSA) is 29.5 Å². The quantitative estimate of drug-likeness (QED) is 0.917.